The number of ketones is 1. The van der Waals surface area contributed by atoms with E-state index in [1.165, 1.54) is 18.2 Å². The maximum Gasteiger partial charge on any atom is 0.188 e. The highest BCUT2D eigenvalue weighted by Gasteiger charge is 2.08. The number of carbonyl (C=O) groups is 1. The average Bonchev–Trinajstić information content (AvgIpc) is 2.14. The molecule has 0 aliphatic heterocycles. The molecule has 0 saturated carbocycles. The fraction of sp³-hybridized carbons (Fsp3) is 0.182. The molecule has 0 aliphatic carbocycles. The number of carbonyl (C=O) groups excluding carboxylic acids is 1. The van der Waals surface area contributed by atoms with Crippen LogP contribution in [0.4, 0.5) is 4.39 Å². The molecular formula is C11H10ClFO. The molecule has 74 valence electrons. The SMILES string of the molecule is CC/C=C/C(=O)c1ccc(Cl)cc1F. The maximum atomic E-state index is 13.2. The van der Waals surface area contributed by atoms with Gasteiger partial charge in [0.05, 0.1) is 5.56 Å². The first-order chi connectivity index (χ1) is 6.65. The van der Waals surface area contributed by atoms with E-state index >= 15 is 0 Å². The summed E-state index contributed by atoms with van der Waals surface area (Å²) in [5.41, 5.74) is 0.0547. The minimum absolute atomic E-state index is 0.0547. The smallest absolute Gasteiger partial charge is 0.188 e. The van der Waals surface area contributed by atoms with E-state index in [-0.39, 0.29) is 11.3 Å². The van der Waals surface area contributed by atoms with Crippen molar-refractivity contribution >= 4 is 17.4 Å². The highest BCUT2D eigenvalue weighted by atomic mass is 35.5. The van der Waals surface area contributed by atoms with Crippen molar-refractivity contribution in [1.29, 1.82) is 0 Å². The summed E-state index contributed by atoms with van der Waals surface area (Å²) in [6.45, 7) is 1.90. The molecule has 0 bridgehead atoms. The van der Waals surface area contributed by atoms with Crippen molar-refractivity contribution in [2.45, 2.75) is 13.3 Å². The molecule has 1 nitrogen and oxygen atoms in total. The largest absolute Gasteiger partial charge is 0.289 e. The molecule has 1 aromatic rings. The summed E-state index contributed by atoms with van der Waals surface area (Å²) in [6, 6.07) is 4.02. The Morgan fingerprint density at radius 2 is 2.29 bits per heavy atom. The van der Waals surface area contributed by atoms with Gasteiger partial charge in [-0.3, -0.25) is 4.79 Å². The predicted octanol–water partition coefficient (Wildman–Crippen LogP) is 3.63. The van der Waals surface area contributed by atoms with E-state index in [0.717, 1.165) is 12.5 Å². The molecule has 0 saturated heterocycles. The maximum absolute atomic E-state index is 13.2. The van der Waals surface area contributed by atoms with Crippen molar-refractivity contribution in [2.75, 3.05) is 0 Å². The van der Waals surface area contributed by atoms with Gasteiger partial charge in [0.2, 0.25) is 0 Å². The van der Waals surface area contributed by atoms with Gasteiger partial charge in [-0.2, -0.15) is 0 Å². The normalized spacial score (nSPS) is 10.8. The van der Waals surface area contributed by atoms with Crippen LogP contribution in [0.3, 0.4) is 0 Å². The first kappa shape index (κ1) is 10.9. The number of hydrogen-bond donors (Lipinski definition) is 0. The van der Waals surface area contributed by atoms with Crippen molar-refractivity contribution in [2.24, 2.45) is 0 Å². The quantitative estimate of drug-likeness (QED) is 0.552. The number of benzene rings is 1. The third-order valence-electron chi connectivity index (χ3n) is 1.70. The van der Waals surface area contributed by atoms with Gasteiger partial charge in [-0.1, -0.05) is 24.6 Å². The molecular weight excluding hydrogens is 203 g/mol. The lowest BCUT2D eigenvalue weighted by Gasteiger charge is -1.98. The summed E-state index contributed by atoms with van der Waals surface area (Å²) in [6.07, 6.45) is 3.81. The predicted molar refractivity (Wildman–Crippen MR) is 55.2 cm³/mol. The monoisotopic (exact) mass is 212 g/mol. The van der Waals surface area contributed by atoms with Crippen LogP contribution in [0.5, 0.6) is 0 Å². The Labute approximate surface area is 87.2 Å². The summed E-state index contributed by atoms with van der Waals surface area (Å²) in [5.74, 6) is -0.913. The van der Waals surface area contributed by atoms with E-state index in [0.29, 0.717) is 5.02 Å². The Bertz CT molecular complexity index is 372. The molecule has 0 atom stereocenters. The molecule has 0 unspecified atom stereocenters. The molecule has 0 aromatic heterocycles. The molecule has 0 heterocycles. The summed E-state index contributed by atoms with van der Waals surface area (Å²) >= 11 is 5.56. The topological polar surface area (TPSA) is 17.1 Å². The van der Waals surface area contributed by atoms with Crippen molar-refractivity contribution in [3.05, 3.63) is 46.8 Å². The molecule has 0 N–H and O–H groups in total. The molecule has 1 rings (SSSR count). The van der Waals surface area contributed by atoms with Gasteiger partial charge in [0.1, 0.15) is 5.82 Å². The first-order valence-corrected chi connectivity index (χ1v) is 4.69. The minimum Gasteiger partial charge on any atom is -0.289 e. The van der Waals surface area contributed by atoms with E-state index in [9.17, 15) is 9.18 Å². The first-order valence-electron chi connectivity index (χ1n) is 4.31. The van der Waals surface area contributed by atoms with Gasteiger partial charge >= 0.3 is 0 Å². The van der Waals surface area contributed by atoms with Crippen molar-refractivity contribution < 1.29 is 9.18 Å². The van der Waals surface area contributed by atoms with E-state index in [2.05, 4.69) is 0 Å². The standard InChI is InChI=1S/C11H10ClFO/c1-2-3-4-11(14)9-6-5-8(12)7-10(9)13/h3-7H,2H2,1H3/b4-3+. The van der Waals surface area contributed by atoms with Crippen molar-refractivity contribution in [1.82, 2.24) is 0 Å². The van der Waals surface area contributed by atoms with Gasteiger partial charge in [-0.05, 0) is 30.7 Å². The van der Waals surface area contributed by atoms with Crippen LogP contribution in [0.1, 0.15) is 23.7 Å². The summed E-state index contributed by atoms with van der Waals surface area (Å²) < 4.78 is 13.2. The van der Waals surface area contributed by atoms with Crippen LogP contribution >= 0.6 is 11.6 Å². The molecule has 0 amide bonds. The van der Waals surface area contributed by atoms with Crippen LogP contribution in [0.2, 0.25) is 5.02 Å². The average molecular weight is 213 g/mol. The molecule has 3 heteroatoms. The van der Waals surface area contributed by atoms with Crippen LogP contribution in [0, 0.1) is 5.82 Å². The lowest BCUT2D eigenvalue weighted by molar-refractivity contribution is 0.104. The highest BCUT2D eigenvalue weighted by molar-refractivity contribution is 6.30. The van der Waals surface area contributed by atoms with Gasteiger partial charge in [-0.15, -0.1) is 0 Å². The van der Waals surface area contributed by atoms with Crippen LogP contribution in [-0.2, 0) is 0 Å². The summed E-state index contributed by atoms with van der Waals surface area (Å²) in [7, 11) is 0. The second-order valence-electron chi connectivity index (χ2n) is 2.80. The zero-order valence-electron chi connectivity index (χ0n) is 7.76. The molecule has 0 radical (unpaired) electrons. The Balaban J connectivity index is 2.96. The molecule has 14 heavy (non-hydrogen) atoms. The number of hydrogen-bond acceptors (Lipinski definition) is 1. The molecule has 0 aliphatic rings. The Hall–Kier alpha value is -1.15. The number of halogens is 2. The van der Waals surface area contributed by atoms with Gasteiger partial charge in [-0.25, -0.2) is 4.39 Å². The number of allylic oxidation sites excluding steroid dienone is 2. The summed E-state index contributed by atoms with van der Waals surface area (Å²) in [5, 5.41) is 0.290. The van der Waals surface area contributed by atoms with Crippen LogP contribution < -0.4 is 0 Å². The van der Waals surface area contributed by atoms with E-state index in [1.807, 2.05) is 6.92 Å². The lowest BCUT2D eigenvalue weighted by atomic mass is 10.1. The second-order valence-corrected chi connectivity index (χ2v) is 3.24. The lowest BCUT2D eigenvalue weighted by Crippen LogP contribution is -1.98. The van der Waals surface area contributed by atoms with Crippen LogP contribution in [0.15, 0.2) is 30.4 Å². The Morgan fingerprint density at radius 1 is 1.57 bits per heavy atom. The zero-order chi connectivity index (χ0) is 10.6. The van der Waals surface area contributed by atoms with Gasteiger partial charge in [0.15, 0.2) is 5.78 Å². The van der Waals surface area contributed by atoms with Gasteiger partial charge in [0, 0.05) is 5.02 Å². The van der Waals surface area contributed by atoms with Crippen molar-refractivity contribution in [3.8, 4) is 0 Å². The second kappa shape index (κ2) is 4.91. The number of rotatable bonds is 3. The summed E-state index contributed by atoms with van der Waals surface area (Å²) in [4.78, 5) is 11.4. The van der Waals surface area contributed by atoms with E-state index in [4.69, 9.17) is 11.6 Å². The fourth-order valence-corrected chi connectivity index (χ4v) is 1.16. The Morgan fingerprint density at radius 3 is 2.86 bits per heavy atom. The Kier molecular flexibility index (Phi) is 3.84. The van der Waals surface area contributed by atoms with Crippen molar-refractivity contribution in [3.63, 3.8) is 0 Å². The van der Waals surface area contributed by atoms with Gasteiger partial charge < -0.3 is 0 Å². The minimum atomic E-state index is -0.580. The van der Waals surface area contributed by atoms with E-state index in [1.54, 1.807) is 6.08 Å². The van der Waals surface area contributed by atoms with Gasteiger partial charge in [0.25, 0.3) is 0 Å². The van der Waals surface area contributed by atoms with Crippen LogP contribution in [0.25, 0.3) is 0 Å². The van der Waals surface area contributed by atoms with Crippen LogP contribution in [-0.4, -0.2) is 5.78 Å². The highest BCUT2D eigenvalue weighted by Crippen LogP contribution is 2.15. The third-order valence-corrected chi connectivity index (χ3v) is 1.94. The molecule has 0 spiro atoms. The third kappa shape index (κ3) is 2.67. The molecule has 0 fully saturated rings. The zero-order valence-corrected chi connectivity index (χ0v) is 8.51. The fourth-order valence-electron chi connectivity index (χ4n) is 1.00. The molecule has 1 aromatic carbocycles. The van der Waals surface area contributed by atoms with E-state index < -0.39 is 5.82 Å².